The summed E-state index contributed by atoms with van der Waals surface area (Å²) in [5, 5.41) is 13.3. The lowest BCUT2D eigenvalue weighted by Gasteiger charge is -2.26. The minimum atomic E-state index is -4.77. The van der Waals surface area contributed by atoms with Crippen molar-refractivity contribution in [3.63, 3.8) is 0 Å². The predicted molar refractivity (Wildman–Crippen MR) is 144 cm³/mol. The second kappa shape index (κ2) is 10.5. The molecule has 1 aliphatic carbocycles. The molecule has 3 aromatic carbocycles. The average molecular weight is 616 g/mol. The van der Waals surface area contributed by atoms with Crippen LogP contribution in [0.25, 0.3) is 5.69 Å². The number of amides is 1. The first-order chi connectivity index (χ1) is 20.8. The lowest BCUT2D eigenvalue weighted by atomic mass is 9.92. The van der Waals surface area contributed by atoms with E-state index < -0.39 is 36.1 Å². The fourth-order valence-corrected chi connectivity index (χ4v) is 5.28. The minimum Gasteiger partial charge on any atom is -0.484 e. The van der Waals surface area contributed by atoms with Gasteiger partial charge in [-0.3, -0.25) is 4.79 Å². The SMILES string of the molecule is CN(C(=O)c1cccc(-n2nc(C(F)(F)F)c3c2C(Oc2cccc(C(=O)O)c2)CCC3)c1)c1ccc2c(c1)OC(F)(F)O2. The molecule has 4 aromatic rings. The van der Waals surface area contributed by atoms with Crippen LogP contribution in [0.1, 0.15) is 56.6 Å². The van der Waals surface area contributed by atoms with E-state index in [1.54, 1.807) is 0 Å². The first-order valence-electron chi connectivity index (χ1n) is 13.3. The Bertz CT molecular complexity index is 1790. The molecule has 1 aromatic heterocycles. The molecule has 1 aliphatic heterocycles. The van der Waals surface area contributed by atoms with Gasteiger partial charge in [0.2, 0.25) is 0 Å². The summed E-state index contributed by atoms with van der Waals surface area (Å²) >= 11 is 0. The molecule has 0 bridgehead atoms. The summed E-state index contributed by atoms with van der Waals surface area (Å²) in [4.78, 5) is 26.0. The second-order valence-corrected chi connectivity index (χ2v) is 10.2. The number of nitrogens with zero attached hydrogens (tertiary/aromatic N) is 3. The third-order valence-electron chi connectivity index (χ3n) is 7.26. The summed E-state index contributed by atoms with van der Waals surface area (Å²) in [5.74, 6) is -2.07. The van der Waals surface area contributed by atoms with Crippen molar-refractivity contribution in [3.8, 4) is 22.9 Å². The molecule has 0 spiro atoms. The largest absolute Gasteiger partial charge is 0.586 e. The number of hydrogen-bond acceptors (Lipinski definition) is 6. The Balaban J connectivity index is 1.36. The van der Waals surface area contributed by atoms with Crippen LogP contribution in [0.3, 0.4) is 0 Å². The molecule has 2 heterocycles. The Morgan fingerprint density at radius 2 is 1.75 bits per heavy atom. The molecule has 1 amide bonds. The van der Waals surface area contributed by atoms with Crippen molar-refractivity contribution in [3.05, 3.63) is 94.8 Å². The van der Waals surface area contributed by atoms with E-state index in [0.29, 0.717) is 12.8 Å². The van der Waals surface area contributed by atoms with Gasteiger partial charge >= 0.3 is 18.4 Å². The standard InChI is InChI=1S/C30H22F5N3O6/c1-37(18-11-12-22-24(15-18)44-30(34,35)43-22)27(39)16-5-2-7-19(13-16)38-25-21(26(36-38)29(31,32)33)9-4-10-23(25)42-20-8-3-6-17(14-20)28(40)41/h2-3,5-8,11-15,23H,4,9-10H2,1H3,(H,40,41). The van der Waals surface area contributed by atoms with Gasteiger partial charge in [-0.25, -0.2) is 9.48 Å². The Kier molecular flexibility index (Phi) is 6.94. The summed E-state index contributed by atoms with van der Waals surface area (Å²) in [5.41, 5.74) is -0.605. The molecule has 0 radical (unpaired) electrons. The highest BCUT2D eigenvalue weighted by molar-refractivity contribution is 6.06. The van der Waals surface area contributed by atoms with Gasteiger partial charge in [-0.05, 0) is 67.8 Å². The van der Waals surface area contributed by atoms with Crippen LogP contribution in [0.4, 0.5) is 27.6 Å². The number of carbonyl (C=O) groups is 2. The average Bonchev–Trinajstić information content (AvgIpc) is 3.53. The third-order valence-corrected chi connectivity index (χ3v) is 7.26. The molecule has 0 saturated heterocycles. The molecule has 14 heteroatoms. The lowest BCUT2D eigenvalue weighted by molar-refractivity contribution is -0.286. The van der Waals surface area contributed by atoms with Crippen LogP contribution < -0.4 is 19.1 Å². The van der Waals surface area contributed by atoms with Crippen LogP contribution >= 0.6 is 0 Å². The van der Waals surface area contributed by atoms with Crippen molar-refractivity contribution in [1.82, 2.24) is 9.78 Å². The van der Waals surface area contributed by atoms with Crippen LogP contribution in [-0.4, -0.2) is 40.1 Å². The van der Waals surface area contributed by atoms with E-state index in [0.717, 1.165) is 4.68 Å². The maximum atomic E-state index is 14.1. The van der Waals surface area contributed by atoms with Crippen LogP contribution in [0.5, 0.6) is 17.2 Å². The number of carboxylic acid groups (broad SMARTS) is 1. The van der Waals surface area contributed by atoms with E-state index in [9.17, 15) is 36.6 Å². The molecule has 2 aliphatic rings. The number of ether oxygens (including phenoxy) is 3. The zero-order chi connectivity index (χ0) is 31.4. The molecule has 1 atom stereocenters. The van der Waals surface area contributed by atoms with Gasteiger partial charge in [0.15, 0.2) is 17.2 Å². The molecule has 0 saturated carbocycles. The van der Waals surface area contributed by atoms with Crippen molar-refractivity contribution in [1.29, 1.82) is 0 Å². The van der Waals surface area contributed by atoms with Gasteiger partial charge in [0.25, 0.3) is 5.91 Å². The maximum Gasteiger partial charge on any atom is 0.586 e. The zero-order valence-electron chi connectivity index (χ0n) is 22.8. The summed E-state index contributed by atoms with van der Waals surface area (Å²) in [6.45, 7) is 0. The Labute approximate surface area is 246 Å². The third kappa shape index (κ3) is 5.38. The van der Waals surface area contributed by atoms with Crippen molar-refractivity contribution >= 4 is 17.6 Å². The first kappa shape index (κ1) is 29.0. The number of hydrogen-bond donors (Lipinski definition) is 1. The summed E-state index contributed by atoms with van der Waals surface area (Å²) in [6.07, 6.45) is -8.72. The fourth-order valence-electron chi connectivity index (χ4n) is 5.28. The number of alkyl halides is 5. The van der Waals surface area contributed by atoms with Gasteiger partial charge in [0.05, 0.1) is 16.9 Å². The minimum absolute atomic E-state index is 0.0467. The van der Waals surface area contributed by atoms with Gasteiger partial charge in [0, 0.05) is 29.9 Å². The summed E-state index contributed by atoms with van der Waals surface area (Å²) in [6, 6.07) is 15.2. The number of aromatic nitrogens is 2. The lowest BCUT2D eigenvalue weighted by Crippen LogP contribution is -2.26. The molecular weight excluding hydrogens is 593 g/mol. The number of halogens is 5. The van der Waals surface area contributed by atoms with Crippen LogP contribution in [-0.2, 0) is 12.6 Å². The Morgan fingerprint density at radius 1 is 1.02 bits per heavy atom. The van der Waals surface area contributed by atoms with Crippen molar-refractivity contribution < 1.29 is 50.9 Å². The van der Waals surface area contributed by atoms with Gasteiger partial charge in [-0.1, -0.05) is 12.1 Å². The quantitative estimate of drug-likeness (QED) is 0.243. The first-order valence-corrected chi connectivity index (χ1v) is 13.3. The molecule has 44 heavy (non-hydrogen) atoms. The van der Waals surface area contributed by atoms with Crippen molar-refractivity contribution in [2.45, 2.75) is 37.8 Å². The highest BCUT2D eigenvalue weighted by Gasteiger charge is 2.44. The normalized spacial score (nSPS) is 16.7. The number of benzene rings is 3. The Hall–Kier alpha value is -5.14. The van der Waals surface area contributed by atoms with E-state index in [4.69, 9.17) is 4.74 Å². The molecule has 1 N–H and O–H groups in total. The molecule has 0 fully saturated rings. The molecule has 9 nitrogen and oxygen atoms in total. The van der Waals surface area contributed by atoms with Crippen LogP contribution in [0, 0.1) is 0 Å². The number of aromatic carboxylic acids is 1. The topological polar surface area (TPSA) is 103 Å². The smallest absolute Gasteiger partial charge is 0.484 e. The monoisotopic (exact) mass is 615 g/mol. The van der Waals surface area contributed by atoms with Gasteiger partial charge < -0.3 is 24.2 Å². The van der Waals surface area contributed by atoms with Gasteiger partial charge in [-0.2, -0.15) is 18.3 Å². The number of carbonyl (C=O) groups excluding carboxylic acids is 1. The molecule has 228 valence electrons. The molecule has 6 rings (SSSR count). The predicted octanol–water partition coefficient (Wildman–Crippen LogP) is 6.64. The van der Waals surface area contributed by atoms with E-state index in [1.807, 2.05) is 0 Å². The van der Waals surface area contributed by atoms with E-state index in [2.05, 4.69) is 14.6 Å². The highest BCUT2D eigenvalue weighted by atomic mass is 19.4. The molecule has 1 unspecified atom stereocenters. The summed E-state index contributed by atoms with van der Waals surface area (Å²) in [7, 11) is 1.40. The van der Waals surface area contributed by atoms with Crippen molar-refractivity contribution in [2.75, 3.05) is 11.9 Å². The Morgan fingerprint density at radius 3 is 2.50 bits per heavy atom. The zero-order valence-corrected chi connectivity index (χ0v) is 22.8. The van der Waals surface area contributed by atoms with Gasteiger partial charge in [0.1, 0.15) is 11.9 Å². The van der Waals surface area contributed by atoms with Crippen LogP contribution in [0.2, 0.25) is 0 Å². The number of rotatable bonds is 6. The van der Waals surface area contributed by atoms with Crippen LogP contribution in [0.15, 0.2) is 66.7 Å². The maximum absolute atomic E-state index is 14.1. The second-order valence-electron chi connectivity index (χ2n) is 10.2. The van der Waals surface area contributed by atoms with Crippen molar-refractivity contribution in [2.24, 2.45) is 0 Å². The number of anilines is 1. The van der Waals surface area contributed by atoms with E-state index in [-0.39, 0.29) is 57.4 Å². The number of carboxylic acids is 1. The van der Waals surface area contributed by atoms with E-state index in [1.165, 1.54) is 78.7 Å². The summed E-state index contributed by atoms with van der Waals surface area (Å²) < 4.78 is 85.3. The van der Waals surface area contributed by atoms with E-state index >= 15 is 0 Å². The highest BCUT2D eigenvalue weighted by Crippen LogP contribution is 2.44. The molecular formula is C30H22F5N3O6. The fraction of sp³-hybridized carbons (Fsp3) is 0.233. The number of fused-ring (bicyclic) bond motifs is 2. The van der Waals surface area contributed by atoms with Gasteiger partial charge in [-0.15, -0.1) is 8.78 Å².